The number of carbonyl (C=O) groups is 1. The summed E-state index contributed by atoms with van der Waals surface area (Å²) in [7, 11) is 1.41. The highest BCUT2D eigenvalue weighted by Crippen LogP contribution is 2.30. The van der Waals surface area contributed by atoms with E-state index in [1.807, 2.05) is 0 Å². The van der Waals surface area contributed by atoms with Gasteiger partial charge in [0.2, 0.25) is 0 Å². The molecule has 6 heteroatoms. The van der Waals surface area contributed by atoms with Crippen molar-refractivity contribution in [2.45, 2.75) is 25.3 Å². The van der Waals surface area contributed by atoms with E-state index >= 15 is 0 Å². The molecule has 1 aromatic carbocycles. The summed E-state index contributed by atoms with van der Waals surface area (Å²) < 4.78 is 18.5. The van der Waals surface area contributed by atoms with E-state index in [1.54, 1.807) is 12.1 Å². The van der Waals surface area contributed by atoms with E-state index in [-0.39, 0.29) is 23.7 Å². The van der Waals surface area contributed by atoms with E-state index in [0.717, 1.165) is 12.8 Å². The van der Waals surface area contributed by atoms with Crippen molar-refractivity contribution < 1.29 is 13.9 Å². The van der Waals surface area contributed by atoms with Crippen LogP contribution in [0.4, 0.5) is 10.2 Å². The molecule has 2 atom stereocenters. The van der Waals surface area contributed by atoms with Gasteiger partial charge in [0.05, 0.1) is 13.0 Å². The Balaban J connectivity index is 1.80. The van der Waals surface area contributed by atoms with E-state index in [9.17, 15) is 9.18 Å². The molecular weight excluding hydrogens is 273 g/mol. The number of ether oxygens (including phenoxy) is 1. The van der Waals surface area contributed by atoms with Crippen LogP contribution in [0.3, 0.4) is 0 Å². The van der Waals surface area contributed by atoms with Gasteiger partial charge in [-0.2, -0.15) is 0 Å². The number of nitrogens with zero attached hydrogens (tertiary/aromatic N) is 2. The van der Waals surface area contributed by atoms with Crippen LogP contribution in [0.25, 0.3) is 10.9 Å². The second-order valence-corrected chi connectivity index (χ2v) is 5.23. The molecule has 1 aliphatic rings. The van der Waals surface area contributed by atoms with Crippen LogP contribution < -0.4 is 5.32 Å². The molecule has 1 heterocycles. The quantitative estimate of drug-likeness (QED) is 0.880. The van der Waals surface area contributed by atoms with Gasteiger partial charge < -0.3 is 10.1 Å². The molecule has 0 saturated heterocycles. The van der Waals surface area contributed by atoms with Gasteiger partial charge in [0.15, 0.2) is 0 Å². The first-order valence-corrected chi connectivity index (χ1v) is 6.92. The summed E-state index contributed by atoms with van der Waals surface area (Å²) in [5.41, 5.74) is 0.303. The Morgan fingerprint density at radius 3 is 3.05 bits per heavy atom. The second-order valence-electron chi connectivity index (χ2n) is 5.23. The summed E-state index contributed by atoms with van der Waals surface area (Å²) in [5.74, 6) is 0.00190. The van der Waals surface area contributed by atoms with Crippen LogP contribution in [0.15, 0.2) is 24.5 Å². The van der Waals surface area contributed by atoms with Crippen LogP contribution in [0.1, 0.15) is 19.3 Å². The minimum Gasteiger partial charge on any atom is -0.469 e. The summed E-state index contributed by atoms with van der Waals surface area (Å²) in [6.07, 6.45) is 3.70. The van der Waals surface area contributed by atoms with Crippen LogP contribution in [0.5, 0.6) is 0 Å². The molecule has 1 aromatic heterocycles. The lowest BCUT2D eigenvalue weighted by Gasteiger charge is -2.15. The molecular formula is C15H16FN3O2. The zero-order valence-electron chi connectivity index (χ0n) is 11.7. The Bertz CT molecular complexity index is 677. The smallest absolute Gasteiger partial charge is 0.308 e. The highest BCUT2D eigenvalue weighted by molar-refractivity contribution is 5.89. The van der Waals surface area contributed by atoms with Crippen molar-refractivity contribution in [3.8, 4) is 0 Å². The van der Waals surface area contributed by atoms with Gasteiger partial charge in [0.25, 0.3) is 0 Å². The predicted octanol–water partition coefficient (Wildman–Crippen LogP) is 2.52. The van der Waals surface area contributed by atoms with E-state index in [4.69, 9.17) is 4.74 Å². The van der Waals surface area contributed by atoms with Crippen LogP contribution in [0, 0.1) is 11.7 Å². The number of methoxy groups -OCH3 is 1. The van der Waals surface area contributed by atoms with Crippen LogP contribution >= 0.6 is 0 Å². The maximum absolute atomic E-state index is 13.7. The Kier molecular flexibility index (Phi) is 3.68. The van der Waals surface area contributed by atoms with Crippen molar-refractivity contribution in [3.63, 3.8) is 0 Å². The maximum atomic E-state index is 13.7. The molecule has 0 amide bonds. The molecule has 3 rings (SSSR count). The first-order valence-electron chi connectivity index (χ1n) is 6.92. The highest BCUT2D eigenvalue weighted by atomic mass is 19.1. The molecule has 0 unspecified atom stereocenters. The number of hydrogen-bond acceptors (Lipinski definition) is 5. The lowest BCUT2D eigenvalue weighted by molar-refractivity contribution is -0.145. The third-order valence-corrected chi connectivity index (χ3v) is 3.92. The fourth-order valence-corrected chi connectivity index (χ4v) is 2.85. The van der Waals surface area contributed by atoms with Gasteiger partial charge in [-0.1, -0.05) is 6.07 Å². The molecule has 0 bridgehead atoms. The molecule has 0 spiro atoms. The number of esters is 1. The highest BCUT2D eigenvalue weighted by Gasteiger charge is 2.31. The van der Waals surface area contributed by atoms with Crippen molar-refractivity contribution in [1.82, 2.24) is 9.97 Å². The molecule has 21 heavy (non-hydrogen) atoms. The number of fused-ring (bicyclic) bond motifs is 1. The first kappa shape index (κ1) is 13.7. The maximum Gasteiger partial charge on any atom is 0.308 e. The molecule has 1 saturated carbocycles. The Hall–Kier alpha value is -2.24. The second kappa shape index (κ2) is 5.63. The van der Waals surface area contributed by atoms with E-state index in [0.29, 0.717) is 23.1 Å². The fraction of sp³-hybridized carbons (Fsp3) is 0.400. The van der Waals surface area contributed by atoms with E-state index < -0.39 is 0 Å². The van der Waals surface area contributed by atoms with Crippen molar-refractivity contribution in [1.29, 1.82) is 0 Å². The number of rotatable bonds is 3. The monoisotopic (exact) mass is 289 g/mol. The molecule has 0 radical (unpaired) electrons. The zero-order valence-corrected chi connectivity index (χ0v) is 11.7. The lowest BCUT2D eigenvalue weighted by Crippen LogP contribution is -2.19. The van der Waals surface area contributed by atoms with Gasteiger partial charge in [-0.3, -0.25) is 4.79 Å². The van der Waals surface area contributed by atoms with E-state index in [1.165, 1.54) is 19.5 Å². The zero-order chi connectivity index (χ0) is 14.8. The molecule has 1 N–H and O–H groups in total. The molecule has 0 aliphatic heterocycles. The molecule has 1 fully saturated rings. The van der Waals surface area contributed by atoms with Crippen molar-refractivity contribution >= 4 is 22.7 Å². The molecule has 1 aliphatic carbocycles. The summed E-state index contributed by atoms with van der Waals surface area (Å²) in [6, 6.07) is 4.93. The van der Waals surface area contributed by atoms with Gasteiger partial charge in [-0.25, -0.2) is 14.4 Å². The number of halogens is 1. The van der Waals surface area contributed by atoms with Crippen molar-refractivity contribution in [3.05, 3.63) is 30.3 Å². The van der Waals surface area contributed by atoms with Gasteiger partial charge in [0.1, 0.15) is 23.5 Å². The SMILES string of the molecule is COC(=O)[C@H]1CC[C@@H](Nc2ncnc3c(F)cccc23)C1. The summed E-state index contributed by atoms with van der Waals surface area (Å²) in [4.78, 5) is 19.7. The van der Waals surface area contributed by atoms with Crippen molar-refractivity contribution in [2.24, 2.45) is 5.92 Å². The largest absolute Gasteiger partial charge is 0.469 e. The van der Waals surface area contributed by atoms with Gasteiger partial charge >= 0.3 is 5.97 Å². The molecule has 2 aromatic rings. The van der Waals surface area contributed by atoms with Gasteiger partial charge in [-0.15, -0.1) is 0 Å². The normalized spacial score (nSPS) is 21.4. The minimum absolute atomic E-state index is 0.0719. The molecule has 110 valence electrons. The topological polar surface area (TPSA) is 64.1 Å². The summed E-state index contributed by atoms with van der Waals surface area (Å²) >= 11 is 0. The van der Waals surface area contributed by atoms with Crippen LogP contribution in [-0.2, 0) is 9.53 Å². The van der Waals surface area contributed by atoms with Crippen LogP contribution in [-0.4, -0.2) is 29.1 Å². The number of aromatic nitrogens is 2. The number of hydrogen-bond donors (Lipinski definition) is 1. The number of benzene rings is 1. The number of nitrogens with one attached hydrogen (secondary N) is 1. The Morgan fingerprint density at radius 2 is 2.24 bits per heavy atom. The predicted molar refractivity (Wildman–Crippen MR) is 76.3 cm³/mol. The van der Waals surface area contributed by atoms with Crippen LogP contribution in [0.2, 0.25) is 0 Å². The van der Waals surface area contributed by atoms with Gasteiger partial charge in [0, 0.05) is 11.4 Å². The summed E-state index contributed by atoms with van der Waals surface area (Å²) in [6.45, 7) is 0. The fourth-order valence-electron chi connectivity index (χ4n) is 2.85. The third kappa shape index (κ3) is 2.66. The number of anilines is 1. The number of para-hydroxylation sites is 1. The molecule has 5 nitrogen and oxygen atoms in total. The third-order valence-electron chi connectivity index (χ3n) is 3.92. The first-order chi connectivity index (χ1) is 10.2. The average molecular weight is 289 g/mol. The number of carbonyl (C=O) groups excluding carboxylic acids is 1. The summed E-state index contributed by atoms with van der Waals surface area (Å²) in [5, 5.41) is 3.95. The Morgan fingerprint density at radius 1 is 1.38 bits per heavy atom. The minimum atomic E-state index is -0.364. The van der Waals surface area contributed by atoms with Gasteiger partial charge in [-0.05, 0) is 31.4 Å². The lowest BCUT2D eigenvalue weighted by atomic mass is 10.1. The van der Waals surface area contributed by atoms with Crippen molar-refractivity contribution in [2.75, 3.05) is 12.4 Å². The van der Waals surface area contributed by atoms with E-state index in [2.05, 4.69) is 15.3 Å². The average Bonchev–Trinajstić information content (AvgIpc) is 2.96. The standard InChI is InChI=1S/C15H16FN3O2/c1-21-15(20)9-5-6-10(7-9)19-14-11-3-2-4-12(16)13(11)17-8-18-14/h2-4,8-10H,5-7H2,1H3,(H,17,18,19)/t9-,10+/m0/s1. The Labute approximate surface area is 121 Å².